The van der Waals surface area contributed by atoms with Crippen LogP contribution in [0.1, 0.15) is 33.3 Å². The van der Waals surface area contributed by atoms with Gasteiger partial charge in [0.05, 0.1) is 11.2 Å². The summed E-state index contributed by atoms with van der Waals surface area (Å²) in [6, 6.07) is 2.69. The lowest BCUT2D eigenvalue weighted by atomic mass is 9.87. The monoisotopic (exact) mass is 322 g/mol. The third-order valence-electron chi connectivity index (χ3n) is 4.12. The molecule has 1 amide bonds. The Morgan fingerprint density at radius 3 is 2.39 bits per heavy atom. The fraction of sp³-hybridized carbons (Fsp3) is 0.467. The highest BCUT2D eigenvalue weighted by atomic mass is 19.1. The van der Waals surface area contributed by atoms with Crippen molar-refractivity contribution in [2.45, 2.75) is 45.4 Å². The van der Waals surface area contributed by atoms with Gasteiger partial charge in [0, 0.05) is 12.3 Å². The molecule has 2 rings (SSSR count). The van der Waals surface area contributed by atoms with Gasteiger partial charge in [0.25, 0.3) is 5.56 Å². The Labute approximate surface area is 134 Å². The number of hydrogen-bond donors (Lipinski definition) is 1. The van der Waals surface area contributed by atoms with Crippen LogP contribution in [0.4, 0.5) is 4.39 Å². The van der Waals surface area contributed by atoms with Crippen molar-refractivity contribution in [3.8, 4) is 0 Å². The highest BCUT2D eigenvalue weighted by Crippen LogP contribution is 2.38. The average Bonchev–Trinajstić information content (AvgIpc) is 2.62. The number of carbonyl (C=O) groups is 1. The third-order valence-corrected chi connectivity index (χ3v) is 4.12. The molecule has 2 heterocycles. The van der Waals surface area contributed by atoms with E-state index in [4.69, 9.17) is 15.0 Å². The molecule has 1 saturated heterocycles. The van der Waals surface area contributed by atoms with Crippen molar-refractivity contribution in [2.75, 3.05) is 0 Å². The van der Waals surface area contributed by atoms with Crippen molar-refractivity contribution in [2.24, 2.45) is 5.73 Å². The van der Waals surface area contributed by atoms with E-state index in [2.05, 4.69) is 0 Å². The molecule has 0 radical (unpaired) electrons. The first kappa shape index (κ1) is 17.4. The molecule has 0 unspecified atom stereocenters. The van der Waals surface area contributed by atoms with Crippen LogP contribution in [0.25, 0.3) is 6.08 Å². The summed E-state index contributed by atoms with van der Waals surface area (Å²) in [7, 11) is -1.11. The van der Waals surface area contributed by atoms with Gasteiger partial charge in [-0.1, -0.05) is 0 Å². The number of nitrogens with zero attached hydrogens (tertiary/aromatic N) is 1. The molecule has 1 aromatic rings. The van der Waals surface area contributed by atoms with E-state index in [9.17, 15) is 14.0 Å². The molecule has 1 aliphatic rings. The molecule has 23 heavy (non-hydrogen) atoms. The number of aromatic nitrogens is 1. The lowest BCUT2D eigenvalue weighted by Gasteiger charge is -2.32. The Kier molecular flexibility index (Phi) is 4.50. The molecule has 124 valence electrons. The Morgan fingerprint density at radius 2 is 1.87 bits per heavy atom. The normalized spacial score (nSPS) is 19.9. The Bertz CT molecular complexity index is 696. The van der Waals surface area contributed by atoms with Gasteiger partial charge in [-0.15, -0.1) is 0 Å². The van der Waals surface area contributed by atoms with Crippen LogP contribution in [0.2, 0.25) is 0 Å². The zero-order chi connectivity index (χ0) is 17.4. The molecule has 2 N–H and O–H groups in total. The zero-order valence-corrected chi connectivity index (χ0v) is 13.6. The Balaban J connectivity index is 2.25. The molecule has 0 aromatic carbocycles. The third kappa shape index (κ3) is 3.70. The van der Waals surface area contributed by atoms with Gasteiger partial charge in [-0.25, -0.2) is 4.39 Å². The highest BCUT2D eigenvalue weighted by Gasteiger charge is 2.53. The summed E-state index contributed by atoms with van der Waals surface area (Å²) in [5.74, 6) is -0.653. The minimum atomic E-state index is -1.11. The number of rotatable bonds is 4. The van der Waals surface area contributed by atoms with E-state index in [0.717, 1.165) is 4.57 Å². The zero-order valence-electron chi connectivity index (χ0n) is 13.6. The number of halogens is 1. The smallest absolute Gasteiger partial charge is 0.398 e. The standard InChI is InChI=1S/C15H20BFN2O4/c1-14(2)15(3,4)23-16(22-14)11(17)7-10-5-6-13(21)19(8-10)9-12(18)20/h5-8H,9H2,1-4H3,(H2,18,20). The van der Waals surface area contributed by atoms with E-state index in [1.54, 1.807) is 0 Å². The van der Waals surface area contributed by atoms with Crippen molar-refractivity contribution in [1.82, 2.24) is 4.57 Å². The predicted octanol–water partition coefficient (Wildman–Crippen LogP) is 1.28. The summed E-state index contributed by atoms with van der Waals surface area (Å²) in [4.78, 5) is 22.6. The minimum absolute atomic E-state index is 0.265. The first-order valence-corrected chi connectivity index (χ1v) is 7.23. The second kappa shape index (κ2) is 5.94. The van der Waals surface area contributed by atoms with Crippen LogP contribution >= 0.6 is 0 Å². The molecule has 0 aliphatic carbocycles. The largest absolute Gasteiger partial charge is 0.525 e. The molecule has 0 atom stereocenters. The number of nitrogens with two attached hydrogens (primary N) is 1. The molecular formula is C15H20BFN2O4. The van der Waals surface area contributed by atoms with Crippen LogP contribution < -0.4 is 11.3 Å². The van der Waals surface area contributed by atoms with Crippen molar-refractivity contribution in [3.05, 3.63) is 40.0 Å². The first-order chi connectivity index (χ1) is 10.5. The number of hydrogen-bond acceptors (Lipinski definition) is 4. The van der Waals surface area contributed by atoms with Gasteiger partial charge in [0.2, 0.25) is 5.91 Å². The van der Waals surface area contributed by atoms with Crippen LogP contribution in [-0.4, -0.2) is 28.8 Å². The SMILES string of the molecule is CC1(C)OB(C(F)=Cc2ccc(=O)n(CC(N)=O)c2)OC1(C)C. The van der Waals surface area contributed by atoms with E-state index < -0.39 is 35.5 Å². The molecule has 1 aromatic heterocycles. The van der Waals surface area contributed by atoms with Gasteiger partial charge in [-0.2, -0.15) is 0 Å². The van der Waals surface area contributed by atoms with Crippen LogP contribution in [0.3, 0.4) is 0 Å². The van der Waals surface area contributed by atoms with Crippen LogP contribution in [-0.2, 0) is 20.6 Å². The van der Waals surface area contributed by atoms with Gasteiger partial charge < -0.3 is 19.6 Å². The fourth-order valence-corrected chi connectivity index (χ4v) is 2.11. The van der Waals surface area contributed by atoms with Gasteiger partial charge >= 0.3 is 7.12 Å². The van der Waals surface area contributed by atoms with E-state index in [0.29, 0.717) is 5.56 Å². The van der Waals surface area contributed by atoms with Crippen molar-refractivity contribution >= 4 is 19.1 Å². The number of carbonyl (C=O) groups excluding carboxylic acids is 1. The molecule has 8 heteroatoms. The lowest BCUT2D eigenvalue weighted by Crippen LogP contribution is -2.41. The van der Waals surface area contributed by atoms with E-state index in [-0.39, 0.29) is 6.54 Å². The minimum Gasteiger partial charge on any atom is -0.398 e. The number of pyridine rings is 1. The highest BCUT2D eigenvalue weighted by molar-refractivity contribution is 6.54. The lowest BCUT2D eigenvalue weighted by molar-refractivity contribution is -0.118. The summed E-state index contributed by atoms with van der Waals surface area (Å²) >= 11 is 0. The van der Waals surface area contributed by atoms with Gasteiger partial charge in [-0.3, -0.25) is 9.59 Å². The summed E-state index contributed by atoms with van der Waals surface area (Å²) in [5.41, 5.74) is 3.18. The van der Waals surface area contributed by atoms with E-state index in [1.165, 1.54) is 24.4 Å². The van der Waals surface area contributed by atoms with E-state index >= 15 is 0 Å². The maximum atomic E-state index is 14.4. The van der Waals surface area contributed by atoms with Crippen LogP contribution in [0.15, 0.2) is 28.9 Å². The van der Waals surface area contributed by atoms with Gasteiger partial charge in [0.15, 0.2) is 0 Å². The van der Waals surface area contributed by atoms with Crippen molar-refractivity contribution in [1.29, 1.82) is 0 Å². The molecule has 0 saturated carbocycles. The summed E-state index contributed by atoms with van der Waals surface area (Å²) in [6.45, 7) is 7.04. The molecular weight excluding hydrogens is 302 g/mol. The maximum absolute atomic E-state index is 14.4. The molecule has 6 nitrogen and oxygen atoms in total. The number of amides is 1. The van der Waals surface area contributed by atoms with Crippen molar-refractivity contribution in [3.63, 3.8) is 0 Å². The van der Waals surface area contributed by atoms with Gasteiger partial charge in [-0.05, 0) is 45.4 Å². The summed E-state index contributed by atoms with van der Waals surface area (Å²) < 4.78 is 26.7. The second-order valence-electron chi connectivity index (χ2n) is 6.51. The topological polar surface area (TPSA) is 83.5 Å². The second-order valence-corrected chi connectivity index (χ2v) is 6.51. The summed E-state index contributed by atoms with van der Waals surface area (Å²) in [6.07, 6.45) is 2.57. The molecule has 0 spiro atoms. The Morgan fingerprint density at radius 1 is 1.30 bits per heavy atom. The van der Waals surface area contributed by atoms with Crippen molar-refractivity contribution < 1.29 is 18.5 Å². The molecule has 1 aliphatic heterocycles. The van der Waals surface area contributed by atoms with Crippen LogP contribution in [0, 0.1) is 0 Å². The molecule has 1 fully saturated rings. The average molecular weight is 322 g/mol. The molecule has 0 bridgehead atoms. The predicted molar refractivity (Wildman–Crippen MR) is 85.1 cm³/mol. The first-order valence-electron chi connectivity index (χ1n) is 7.23. The van der Waals surface area contributed by atoms with E-state index in [1.807, 2.05) is 27.7 Å². The van der Waals surface area contributed by atoms with Crippen LogP contribution in [0.5, 0.6) is 0 Å². The van der Waals surface area contributed by atoms with Gasteiger partial charge in [0.1, 0.15) is 12.3 Å². The Hall–Kier alpha value is -1.93. The summed E-state index contributed by atoms with van der Waals surface area (Å²) in [5, 5.41) is 0. The number of primary amides is 1. The maximum Gasteiger partial charge on any atom is 0.525 e. The quantitative estimate of drug-likeness (QED) is 0.846. The fourth-order valence-electron chi connectivity index (χ4n) is 2.11.